The Bertz CT molecular complexity index is 343. The maximum absolute atomic E-state index is 5.93. The maximum Gasteiger partial charge on any atom is 0.147 e. The number of piperidine rings is 1. The van der Waals surface area contributed by atoms with E-state index in [2.05, 4.69) is 21.8 Å². The molecule has 0 bridgehead atoms. The first-order valence-electron chi connectivity index (χ1n) is 5.96. The standard InChI is InChI=1S/C12H20N4/c1-9-7-14-8-12(15-9)16-5-3-11(4-6-16)10(2)13/h7-8,10-11H,3-6,13H2,1-2H3/t10-/m1/s1. The lowest BCUT2D eigenvalue weighted by atomic mass is 9.91. The van der Waals surface area contributed by atoms with Crippen LogP contribution in [0.3, 0.4) is 0 Å². The number of hydrogen-bond donors (Lipinski definition) is 1. The lowest BCUT2D eigenvalue weighted by molar-refractivity contribution is 0.353. The second-order valence-electron chi connectivity index (χ2n) is 4.70. The predicted molar refractivity (Wildman–Crippen MR) is 65.4 cm³/mol. The first-order chi connectivity index (χ1) is 7.66. The highest BCUT2D eigenvalue weighted by molar-refractivity contribution is 5.36. The van der Waals surface area contributed by atoms with E-state index in [0.717, 1.165) is 37.4 Å². The summed E-state index contributed by atoms with van der Waals surface area (Å²) < 4.78 is 0. The van der Waals surface area contributed by atoms with Crippen LogP contribution in [0.2, 0.25) is 0 Å². The van der Waals surface area contributed by atoms with Gasteiger partial charge in [-0.05, 0) is 32.6 Å². The van der Waals surface area contributed by atoms with Crippen LogP contribution in [0.15, 0.2) is 12.4 Å². The number of nitrogens with zero attached hydrogens (tertiary/aromatic N) is 3. The molecule has 4 nitrogen and oxygen atoms in total. The van der Waals surface area contributed by atoms with Gasteiger partial charge in [-0.2, -0.15) is 0 Å². The molecule has 1 aliphatic heterocycles. The van der Waals surface area contributed by atoms with Crippen LogP contribution in [0.1, 0.15) is 25.5 Å². The third kappa shape index (κ3) is 2.50. The molecule has 1 atom stereocenters. The van der Waals surface area contributed by atoms with E-state index in [0.29, 0.717) is 12.0 Å². The van der Waals surface area contributed by atoms with Crippen molar-refractivity contribution in [3.63, 3.8) is 0 Å². The molecular formula is C12H20N4. The van der Waals surface area contributed by atoms with E-state index in [1.54, 1.807) is 6.20 Å². The molecular weight excluding hydrogens is 200 g/mol. The summed E-state index contributed by atoms with van der Waals surface area (Å²) in [6.45, 7) is 6.17. The van der Waals surface area contributed by atoms with Gasteiger partial charge < -0.3 is 10.6 Å². The molecule has 2 rings (SSSR count). The number of anilines is 1. The zero-order valence-corrected chi connectivity index (χ0v) is 10.1. The van der Waals surface area contributed by atoms with Crippen molar-refractivity contribution < 1.29 is 0 Å². The predicted octanol–water partition coefficient (Wildman–Crippen LogP) is 1.35. The van der Waals surface area contributed by atoms with Crippen molar-refractivity contribution in [3.8, 4) is 0 Å². The average molecular weight is 220 g/mol. The second-order valence-corrected chi connectivity index (χ2v) is 4.70. The summed E-state index contributed by atoms with van der Waals surface area (Å²) >= 11 is 0. The minimum absolute atomic E-state index is 0.311. The van der Waals surface area contributed by atoms with Crippen molar-refractivity contribution >= 4 is 5.82 Å². The van der Waals surface area contributed by atoms with Crippen LogP contribution in [-0.4, -0.2) is 29.1 Å². The van der Waals surface area contributed by atoms with Crippen LogP contribution in [0.5, 0.6) is 0 Å². The summed E-state index contributed by atoms with van der Waals surface area (Å²) in [5, 5.41) is 0. The number of aromatic nitrogens is 2. The van der Waals surface area contributed by atoms with E-state index in [9.17, 15) is 0 Å². The second kappa shape index (κ2) is 4.78. The molecule has 0 aliphatic carbocycles. The molecule has 2 heterocycles. The van der Waals surface area contributed by atoms with Gasteiger partial charge in [0, 0.05) is 25.3 Å². The minimum Gasteiger partial charge on any atom is -0.355 e. The van der Waals surface area contributed by atoms with Crippen molar-refractivity contribution in [1.29, 1.82) is 0 Å². The molecule has 1 aromatic heterocycles. The smallest absolute Gasteiger partial charge is 0.147 e. The highest BCUT2D eigenvalue weighted by Gasteiger charge is 2.22. The van der Waals surface area contributed by atoms with Crippen LogP contribution in [0, 0.1) is 12.8 Å². The van der Waals surface area contributed by atoms with Crippen molar-refractivity contribution in [2.75, 3.05) is 18.0 Å². The zero-order valence-electron chi connectivity index (χ0n) is 10.1. The summed E-state index contributed by atoms with van der Waals surface area (Å²) in [6.07, 6.45) is 5.96. The Morgan fingerprint density at radius 2 is 2.06 bits per heavy atom. The molecule has 0 amide bonds. The Hall–Kier alpha value is -1.16. The normalized spacial score (nSPS) is 19.8. The van der Waals surface area contributed by atoms with Crippen LogP contribution in [0.25, 0.3) is 0 Å². The first kappa shape index (κ1) is 11.3. The summed E-state index contributed by atoms with van der Waals surface area (Å²) in [6, 6.07) is 0.311. The summed E-state index contributed by atoms with van der Waals surface area (Å²) in [4.78, 5) is 11.0. The molecule has 0 radical (unpaired) electrons. The molecule has 2 N–H and O–H groups in total. The Balaban J connectivity index is 1.99. The topological polar surface area (TPSA) is 55.0 Å². The molecule has 1 aliphatic rings. The van der Waals surface area contributed by atoms with Gasteiger partial charge in [0.25, 0.3) is 0 Å². The molecule has 88 valence electrons. The van der Waals surface area contributed by atoms with Gasteiger partial charge in [-0.25, -0.2) is 4.98 Å². The van der Waals surface area contributed by atoms with Gasteiger partial charge in [-0.15, -0.1) is 0 Å². The molecule has 0 spiro atoms. The quantitative estimate of drug-likeness (QED) is 0.817. The van der Waals surface area contributed by atoms with Crippen molar-refractivity contribution in [2.45, 2.75) is 32.7 Å². The van der Waals surface area contributed by atoms with Gasteiger partial charge in [-0.1, -0.05) is 0 Å². The highest BCUT2D eigenvalue weighted by atomic mass is 15.2. The van der Waals surface area contributed by atoms with Gasteiger partial charge in [-0.3, -0.25) is 4.98 Å². The molecule has 1 aromatic rings. The third-order valence-corrected chi connectivity index (χ3v) is 3.35. The van der Waals surface area contributed by atoms with Crippen LogP contribution in [-0.2, 0) is 0 Å². The summed E-state index contributed by atoms with van der Waals surface area (Å²) in [7, 11) is 0. The Labute approximate surface area is 96.9 Å². The van der Waals surface area contributed by atoms with Gasteiger partial charge in [0.2, 0.25) is 0 Å². The Morgan fingerprint density at radius 1 is 1.38 bits per heavy atom. The van der Waals surface area contributed by atoms with Crippen molar-refractivity contribution in [1.82, 2.24) is 9.97 Å². The summed E-state index contributed by atoms with van der Waals surface area (Å²) in [5.41, 5.74) is 6.91. The number of hydrogen-bond acceptors (Lipinski definition) is 4. The number of nitrogens with two attached hydrogens (primary N) is 1. The number of rotatable bonds is 2. The van der Waals surface area contributed by atoms with E-state index in [1.807, 2.05) is 13.1 Å². The van der Waals surface area contributed by atoms with Crippen molar-refractivity contribution in [2.24, 2.45) is 11.7 Å². The molecule has 0 aromatic carbocycles. The molecule has 0 unspecified atom stereocenters. The molecule has 1 fully saturated rings. The van der Waals surface area contributed by atoms with E-state index in [1.165, 1.54) is 0 Å². The molecule has 16 heavy (non-hydrogen) atoms. The maximum atomic E-state index is 5.93. The van der Waals surface area contributed by atoms with E-state index < -0.39 is 0 Å². The molecule has 0 saturated carbocycles. The fourth-order valence-corrected chi connectivity index (χ4v) is 2.26. The fraction of sp³-hybridized carbons (Fsp3) is 0.667. The van der Waals surface area contributed by atoms with Gasteiger partial charge >= 0.3 is 0 Å². The van der Waals surface area contributed by atoms with Crippen LogP contribution in [0.4, 0.5) is 5.82 Å². The first-order valence-corrected chi connectivity index (χ1v) is 5.96. The fourth-order valence-electron chi connectivity index (χ4n) is 2.26. The van der Waals surface area contributed by atoms with Gasteiger partial charge in [0.1, 0.15) is 5.82 Å². The SMILES string of the molecule is Cc1cncc(N2CCC([C@@H](C)N)CC2)n1. The van der Waals surface area contributed by atoms with E-state index in [-0.39, 0.29) is 0 Å². The zero-order chi connectivity index (χ0) is 11.5. The molecule has 4 heteroatoms. The van der Waals surface area contributed by atoms with Crippen LogP contribution < -0.4 is 10.6 Å². The lowest BCUT2D eigenvalue weighted by Crippen LogP contribution is -2.40. The monoisotopic (exact) mass is 220 g/mol. The largest absolute Gasteiger partial charge is 0.355 e. The minimum atomic E-state index is 0.311. The van der Waals surface area contributed by atoms with Crippen LogP contribution >= 0.6 is 0 Å². The van der Waals surface area contributed by atoms with E-state index in [4.69, 9.17) is 5.73 Å². The average Bonchev–Trinajstić information content (AvgIpc) is 2.29. The van der Waals surface area contributed by atoms with Crippen molar-refractivity contribution in [3.05, 3.63) is 18.1 Å². The Kier molecular flexibility index (Phi) is 3.39. The summed E-state index contributed by atoms with van der Waals surface area (Å²) in [5.74, 6) is 1.66. The highest BCUT2D eigenvalue weighted by Crippen LogP contribution is 2.22. The van der Waals surface area contributed by atoms with E-state index >= 15 is 0 Å². The lowest BCUT2D eigenvalue weighted by Gasteiger charge is -2.34. The van der Waals surface area contributed by atoms with Gasteiger partial charge in [0.15, 0.2) is 0 Å². The number of aryl methyl sites for hydroxylation is 1. The third-order valence-electron chi connectivity index (χ3n) is 3.35. The van der Waals surface area contributed by atoms with Gasteiger partial charge in [0.05, 0.1) is 11.9 Å². The Morgan fingerprint density at radius 3 is 2.62 bits per heavy atom. The molecule has 1 saturated heterocycles.